The first-order valence-electron chi connectivity index (χ1n) is 6.45. The molecule has 0 atom stereocenters. The van der Waals surface area contributed by atoms with E-state index in [4.69, 9.17) is 0 Å². The van der Waals surface area contributed by atoms with Gasteiger partial charge in [-0.25, -0.2) is 4.68 Å². The average Bonchev–Trinajstić information content (AvgIpc) is 2.75. The highest BCUT2D eigenvalue weighted by atomic mass is 15.4. The minimum Gasteiger partial charge on any atom is -0.314 e. The van der Waals surface area contributed by atoms with E-state index in [9.17, 15) is 0 Å². The highest BCUT2D eigenvalue weighted by molar-refractivity contribution is 5.17. The molecule has 1 aromatic carbocycles. The van der Waals surface area contributed by atoms with Crippen molar-refractivity contribution in [3.8, 4) is 0 Å². The molecule has 4 heteroatoms. The van der Waals surface area contributed by atoms with Gasteiger partial charge in [-0.05, 0) is 19.0 Å². The monoisotopic (exact) mass is 244 g/mol. The molecule has 0 saturated carbocycles. The van der Waals surface area contributed by atoms with Gasteiger partial charge in [0.2, 0.25) is 0 Å². The van der Waals surface area contributed by atoms with E-state index in [2.05, 4.69) is 46.8 Å². The molecule has 0 unspecified atom stereocenters. The number of hydrogen-bond donors (Lipinski definition) is 1. The normalized spacial score (nSPS) is 10.8. The van der Waals surface area contributed by atoms with Gasteiger partial charge in [0, 0.05) is 6.54 Å². The molecular weight excluding hydrogens is 224 g/mol. The zero-order valence-electron chi connectivity index (χ0n) is 11.1. The fourth-order valence-corrected chi connectivity index (χ4v) is 2.07. The molecule has 2 aromatic rings. The van der Waals surface area contributed by atoms with Gasteiger partial charge in [-0.3, -0.25) is 0 Å². The molecule has 0 aliphatic rings. The van der Waals surface area contributed by atoms with Gasteiger partial charge >= 0.3 is 0 Å². The molecule has 4 nitrogen and oxygen atoms in total. The second-order valence-corrected chi connectivity index (χ2v) is 4.41. The number of nitrogens with one attached hydrogen (secondary N) is 1. The lowest BCUT2D eigenvalue weighted by Crippen LogP contribution is -2.11. The van der Waals surface area contributed by atoms with E-state index in [-0.39, 0.29) is 0 Å². The molecule has 1 heterocycles. The van der Waals surface area contributed by atoms with E-state index in [0.717, 1.165) is 31.6 Å². The summed E-state index contributed by atoms with van der Waals surface area (Å²) in [5.41, 5.74) is 3.57. The summed E-state index contributed by atoms with van der Waals surface area (Å²) in [6.45, 7) is 3.76. The van der Waals surface area contributed by atoms with Gasteiger partial charge in [0.15, 0.2) is 0 Å². The van der Waals surface area contributed by atoms with E-state index in [1.165, 1.54) is 11.3 Å². The first kappa shape index (κ1) is 12.8. The number of hydrogen-bond acceptors (Lipinski definition) is 3. The van der Waals surface area contributed by atoms with Gasteiger partial charge in [0.1, 0.15) is 0 Å². The first-order valence-corrected chi connectivity index (χ1v) is 6.45. The summed E-state index contributed by atoms with van der Waals surface area (Å²) in [5, 5.41) is 11.7. The van der Waals surface area contributed by atoms with E-state index in [0.29, 0.717) is 0 Å². The van der Waals surface area contributed by atoms with Crippen LogP contribution < -0.4 is 5.32 Å². The van der Waals surface area contributed by atoms with E-state index >= 15 is 0 Å². The topological polar surface area (TPSA) is 42.7 Å². The molecule has 18 heavy (non-hydrogen) atoms. The Morgan fingerprint density at radius 2 is 2.00 bits per heavy atom. The smallest absolute Gasteiger partial charge is 0.0996 e. The van der Waals surface area contributed by atoms with Gasteiger partial charge < -0.3 is 5.32 Å². The molecule has 0 aliphatic heterocycles. The standard InChI is InChI=1S/C14H20N4/c1-3-7-14-13(10-15-2)16-17-18(14)11-12-8-5-4-6-9-12/h4-6,8-9,15H,3,7,10-11H2,1-2H3. The summed E-state index contributed by atoms with van der Waals surface area (Å²) in [5.74, 6) is 0. The summed E-state index contributed by atoms with van der Waals surface area (Å²) in [7, 11) is 1.94. The van der Waals surface area contributed by atoms with E-state index < -0.39 is 0 Å². The Kier molecular flexibility index (Phi) is 4.47. The summed E-state index contributed by atoms with van der Waals surface area (Å²) in [6.07, 6.45) is 2.13. The van der Waals surface area contributed by atoms with Crippen LogP contribution in [-0.4, -0.2) is 22.0 Å². The number of benzene rings is 1. The van der Waals surface area contributed by atoms with Crippen molar-refractivity contribution in [1.82, 2.24) is 20.3 Å². The molecule has 0 spiro atoms. The lowest BCUT2D eigenvalue weighted by atomic mass is 10.2. The summed E-state index contributed by atoms with van der Waals surface area (Å²) in [6, 6.07) is 10.4. The Hall–Kier alpha value is -1.68. The van der Waals surface area contributed by atoms with Crippen LogP contribution >= 0.6 is 0 Å². The van der Waals surface area contributed by atoms with Crippen molar-refractivity contribution in [2.24, 2.45) is 0 Å². The Bertz CT molecular complexity index is 476. The lowest BCUT2D eigenvalue weighted by molar-refractivity contribution is 0.613. The maximum absolute atomic E-state index is 4.28. The number of rotatable bonds is 6. The van der Waals surface area contributed by atoms with Crippen LogP contribution in [0.4, 0.5) is 0 Å². The van der Waals surface area contributed by atoms with Crippen LogP contribution in [-0.2, 0) is 19.5 Å². The van der Waals surface area contributed by atoms with Crippen LogP contribution in [0.15, 0.2) is 30.3 Å². The Morgan fingerprint density at radius 1 is 1.22 bits per heavy atom. The van der Waals surface area contributed by atoms with Crippen LogP contribution in [0.5, 0.6) is 0 Å². The van der Waals surface area contributed by atoms with Crippen LogP contribution in [0.3, 0.4) is 0 Å². The highest BCUT2D eigenvalue weighted by Crippen LogP contribution is 2.11. The lowest BCUT2D eigenvalue weighted by Gasteiger charge is -2.07. The molecule has 0 saturated heterocycles. The van der Waals surface area contributed by atoms with Crippen LogP contribution in [0.1, 0.15) is 30.3 Å². The second kappa shape index (κ2) is 6.31. The minimum absolute atomic E-state index is 0.782. The van der Waals surface area contributed by atoms with Crippen LogP contribution in [0, 0.1) is 0 Å². The molecule has 1 N–H and O–H groups in total. The Balaban J connectivity index is 2.21. The van der Waals surface area contributed by atoms with Gasteiger partial charge in [-0.1, -0.05) is 48.9 Å². The fraction of sp³-hybridized carbons (Fsp3) is 0.429. The Labute approximate surface area is 108 Å². The van der Waals surface area contributed by atoms with E-state index in [1.807, 2.05) is 17.8 Å². The first-order chi connectivity index (χ1) is 8.85. The third-order valence-electron chi connectivity index (χ3n) is 2.92. The van der Waals surface area contributed by atoms with Gasteiger partial charge in [0.25, 0.3) is 0 Å². The van der Waals surface area contributed by atoms with Crippen molar-refractivity contribution in [3.63, 3.8) is 0 Å². The number of nitrogens with zero attached hydrogens (tertiary/aromatic N) is 3. The summed E-state index contributed by atoms with van der Waals surface area (Å²) >= 11 is 0. The average molecular weight is 244 g/mol. The zero-order chi connectivity index (χ0) is 12.8. The maximum Gasteiger partial charge on any atom is 0.0996 e. The van der Waals surface area contributed by atoms with Gasteiger partial charge in [-0.2, -0.15) is 0 Å². The van der Waals surface area contributed by atoms with Gasteiger partial charge in [-0.15, -0.1) is 5.10 Å². The van der Waals surface area contributed by atoms with Crippen molar-refractivity contribution in [1.29, 1.82) is 0 Å². The Morgan fingerprint density at radius 3 is 2.67 bits per heavy atom. The quantitative estimate of drug-likeness (QED) is 0.845. The maximum atomic E-state index is 4.28. The molecule has 2 rings (SSSR count). The molecule has 0 fully saturated rings. The summed E-state index contributed by atoms with van der Waals surface area (Å²) < 4.78 is 2.02. The molecule has 0 radical (unpaired) electrons. The fourth-order valence-electron chi connectivity index (χ4n) is 2.07. The molecule has 0 aliphatic carbocycles. The van der Waals surface area contributed by atoms with Crippen LogP contribution in [0.25, 0.3) is 0 Å². The SMILES string of the molecule is CCCc1c(CNC)nnn1Cc1ccccc1. The number of aromatic nitrogens is 3. The predicted molar refractivity (Wildman–Crippen MR) is 72.3 cm³/mol. The molecular formula is C14H20N4. The third kappa shape index (κ3) is 2.96. The molecule has 1 aromatic heterocycles. The third-order valence-corrected chi connectivity index (χ3v) is 2.92. The highest BCUT2D eigenvalue weighted by Gasteiger charge is 2.11. The largest absolute Gasteiger partial charge is 0.314 e. The molecule has 0 amide bonds. The van der Waals surface area contributed by atoms with Crippen molar-refractivity contribution in [2.75, 3.05) is 7.05 Å². The summed E-state index contributed by atoms with van der Waals surface area (Å²) in [4.78, 5) is 0. The van der Waals surface area contributed by atoms with Crippen molar-refractivity contribution in [2.45, 2.75) is 32.9 Å². The van der Waals surface area contributed by atoms with Crippen molar-refractivity contribution >= 4 is 0 Å². The van der Waals surface area contributed by atoms with Crippen LogP contribution in [0.2, 0.25) is 0 Å². The molecule has 96 valence electrons. The second-order valence-electron chi connectivity index (χ2n) is 4.41. The van der Waals surface area contributed by atoms with Crippen molar-refractivity contribution < 1.29 is 0 Å². The molecule has 0 bridgehead atoms. The van der Waals surface area contributed by atoms with Crippen molar-refractivity contribution in [3.05, 3.63) is 47.3 Å². The zero-order valence-corrected chi connectivity index (χ0v) is 11.1. The predicted octanol–water partition coefficient (Wildman–Crippen LogP) is 2.00. The minimum atomic E-state index is 0.782. The van der Waals surface area contributed by atoms with E-state index in [1.54, 1.807) is 0 Å². The van der Waals surface area contributed by atoms with Gasteiger partial charge in [0.05, 0.1) is 17.9 Å².